The minimum absolute atomic E-state index is 0.0400. The number of rotatable bonds is 4. The van der Waals surface area contributed by atoms with Gasteiger partial charge in [0.15, 0.2) is 17.2 Å². The SMILES string of the molecule is Cc1cc(C(F)(F)F)nn1C[C@@H](C)C(=O)Nc1ccc2c(c1)OCCO2. The fourth-order valence-corrected chi connectivity index (χ4v) is 2.56. The number of carbonyl (C=O) groups excluding carboxylic acids is 1. The minimum Gasteiger partial charge on any atom is -0.486 e. The Balaban J connectivity index is 1.66. The van der Waals surface area contributed by atoms with Gasteiger partial charge in [0.25, 0.3) is 0 Å². The predicted octanol–water partition coefficient (Wildman–Crippen LogP) is 3.26. The van der Waals surface area contributed by atoms with Gasteiger partial charge in [-0.2, -0.15) is 18.3 Å². The van der Waals surface area contributed by atoms with E-state index in [0.717, 1.165) is 6.07 Å². The summed E-state index contributed by atoms with van der Waals surface area (Å²) < 4.78 is 50.2. The molecule has 2 heterocycles. The fraction of sp³-hybridized carbons (Fsp3) is 0.412. The molecule has 1 N–H and O–H groups in total. The van der Waals surface area contributed by atoms with Crippen LogP contribution in [0.4, 0.5) is 18.9 Å². The largest absolute Gasteiger partial charge is 0.486 e. The topological polar surface area (TPSA) is 65.4 Å². The van der Waals surface area contributed by atoms with Gasteiger partial charge in [-0.05, 0) is 25.1 Å². The molecule has 0 fully saturated rings. The molecule has 0 unspecified atom stereocenters. The number of benzene rings is 1. The molecule has 0 spiro atoms. The third-order valence-electron chi connectivity index (χ3n) is 3.98. The first kappa shape index (κ1) is 18.1. The zero-order chi connectivity index (χ0) is 18.9. The van der Waals surface area contributed by atoms with Crippen LogP contribution in [-0.4, -0.2) is 28.9 Å². The molecular formula is C17H18F3N3O3. The van der Waals surface area contributed by atoms with Gasteiger partial charge in [0, 0.05) is 17.4 Å². The lowest BCUT2D eigenvalue weighted by atomic mass is 10.1. The van der Waals surface area contributed by atoms with Crippen LogP contribution >= 0.6 is 0 Å². The van der Waals surface area contributed by atoms with Crippen molar-refractivity contribution in [3.63, 3.8) is 0 Å². The number of alkyl halides is 3. The maximum atomic E-state index is 12.7. The molecule has 1 aliphatic heterocycles. The molecule has 2 aromatic rings. The Morgan fingerprint density at radius 2 is 1.96 bits per heavy atom. The number of nitrogens with one attached hydrogen (secondary N) is 1. The van der Waals surface area contributed by atoms with E-state index in [1.807, 2.05) is 0 Å². The molecule has 1 aromatic carbocycles. The van der Waals surface area contributed by atoms with Gasteiger partial charge >= 0.3 is 6.18 Å². The number of fused-ring (bicyclic) bond motifs is 1. The van der Waals surface area contributed by atoms with Gasteiger partial charge in [0.05, 0.1) is 12.5 Å². The number of halogens is 3. The number of carbonyl (C=O) groups is 1. The van der Waals surface area contributed by atoms with Crippen LogP contribution in [0, 0.1) is 12.8 Å². The normalized spacial score (nSPS) is 14.8. The second kappa shape index (κ2) is 6.89. The van der Waals surface area contributed by atoms with Gasteiger partial charge in [-0.1, -0.05) is 6.92 Å². The van der Waals surface area contributed by atoms with Gasteiger partial charge in [0.2, 0.25) is 5.91 Å². The van der Waals surface area contributed by atoms with Crippen LogP contribution in [-0.2, 0) is 17.5 Å². The zero-order valence-electron chi connectivity index (χ0n) is 14.3. The Bertz CT molecular complexity index is 817. The highest BCUT2D eigenvalue weighted by atomic mass is 19.4. The molecule has 0 aliphatic carbocycles. The van der Waals surface area contributed by atoms with Crippen molar-refractivity contribution < 1.29 is 27.4 Å². The maximum absolute atomic E-state index is 12.7. The standard InChI is InChI=1S/C17H18F3N3O3/c1-10(9-23-11(2)7-15(22-23)17(18,19)20)16(24)21-12-3-4-13-14(8-12)26-6-5-25-13/h3-4,7-8,10H,5-6,9H2,1-2H3,(H,21,24)/t10-/m1/s1. The average molecular weight is 369 g/mol. The molecule has 0 radical (unpaired) electrons. The van der Waals surface area contributed by atoms with Crippen molar-refractivity contribution in [3.05, 3.63) is 35.7 Å². The van der Waals surface area contributed by atoms with E-state index in [2.05, 4.69) is 10.4 Å². The summed E-state index contributed by atoms with van der Waals surface area (Å²) in [6.07, 6.45) is -4.51. The molecule has 0 saturated carbocycles. The highest BCUT2D eigenvalue weighted by molar-refractivity contribution is 5.92. The van der Waals surface area contributed by atoms with E-state index >= 15 is 0 Å². The molecule has 3 rings (SSSR count). The van der Waals surface area contributed by atoms with Crippen LogP contribution in [0.2, 0.25) is 0 Å². The van der Waals surface area contributed by atoms with E-state index in [1.54, 1.807) is 25.1 Å². The van der Waals surface area contributed by atoms with E-state index in [9.17, 15) is 18.0 Å². The van der Waals surface area contributed by atoms with Crippen molar-refractivity contribution in [2.75, 3.05) is 18.5 Å². The Kier molecular flexibility index (Phi) is 4.80. The van der Waals surface area contributed by atoms with Crippen molar-refractivity contribution in [1.29, 1.82) is 0 Å². The van der Waals surface area contributed by atoms with Crippen LogP contribution in [0.5, 0.6) is 11.5 Å². The van der Waals surface area contributed by atoms with Gasteiger partial charge < -0.3 is 14.8 Å². The van der Waals surface area contributed by atoms with Crippen LogP contribution < -0.4 is 14.8 Å². The summed E-state index contributed by atoms with van der Waals surface area (Å²) in [5.74, 6) is 0.238. The molecule has 1 amide bonds. The predicted molar refractivity (Wildman–Crippen MR) is 87.2 cm³/mol. The number of amides is 1. The average Bonchev–Trinajstić information content (AvgIpc) is 2.96. The van der Waals surface area contributed by atoms with Gasteiger partial charge in [-0.3, -0.25) is 9.48 Å². The Labute approximate surface area is 147 Å². The van der Waals surface area contributed by atoms with Crippen molar-refractivity contribution in [2.24, 2.45) is 5.92 Å². The number of hydrogen-bond donors (Lipinski definition) is 1. The molecule has 1 atom stereocenters. The second-order valence-corrected chi connectivity index (χ2v) is 6.10. The number of nitrogens with zero attached hydrogens (tertiary/aromatic N) is 2. The number of aryl methyl sites for hydroxylation is 1. The van der Waals surface area contributed by atoms with Crippen LogP contribution in [0.25, 0.3) is 0 Å². The lowest BCUT2D eigenvalue weighted by Gasteiger charge is -2.19. The molecule has 26 heavy (non-hydrogen) atoms. The fourth-order valence-electron chi connectivity index (χ4n) is 2.56. The van der Waals surface area contributed by atoms with Crippen LogP contribution in [0.15, 0.2) is 24.3 Å². The monoisotopic (exact) mass is 369 g/mol. The van der Waals surface area contributed by atoms with Crippen molar-refractivity contribution in [2.45, 2.75) is 26.6 Å². The third kappa shape index (κ3) is 3.92. The molecule has 6 nitrogen and oxygen atoms in total. The highest BCUT2D eigenvalue weighted by Gasteiger charge is 2.34. The number of anilines is 1. The van der Waals surface area contributed by atoms with E-state index in [0.29, 0.717) is 36.1 Å². The first-order valence-corrected chi connectivity index (χ1v) is 8.06. The molecule has 9 heteroatoms. The Hall–Kier alpha value is -2.71. The summed E-state index contributed by atoms with van der Waals surface area (Å²) in [7, 11) is 0. The number of hydrogen-bond acceptors (Lipinski definition) is 4. The highest BCUT2D eigenvalue weighted by Crippen LogP contribution is 2.33. The molecule has 0 bridgehead atoms. The van der Waals surface area contributed by atoms with Gasteiger partial charge in [-0.25, -0.2) is 0 Å². The second-order valence-electron chi connectivity index (χ2n) is 6.10. The Morgan fingerprint density at radius 1 is 1.27 bits per heavy atom. The Morgan fingerprint density at radius 3 is 2.62 bits per heavy atom. The summed E-state index contributed by atoms with van der Waals surface area (Å²) in [5.41, 5.74) is -0.0926. The number of aromatic nitrogens is 2. The zero-order valence-corrected chi connectivity index (χ0v) is 14.3. The van der Waals surface area contributed by atoms with Gasteiger partial charge in [-0.15, -0.1) is 0 Å². The van der Waals surface area contributed by atoms with E-state index in [4.69, 9.17) is 9.47 Å². The molecule has 1 aliphatic rings. The quantitative estimate of drug-likeness (QED) is 0.899. The molecule has 0 saturated heterocycles. The lowest BCUT2D eigenvalue weighted by Crippen LogP contribution is -2.25. The molecular weight excluding hydrogens is 351 g/mol. The third-order valence-corrected chi connectivity index (χ3v) is 3.98. The number of ether oxygens (including phenoxy) is 2. The first-order chi connectivity index (χ1) is 12.2. The van der Waals surface area contributed by atoms with Crippen molar-refractivity contribution in [3.8, 4) is 11.5 Å². The smallest absolute Gasteiger partial charge is 0.435 e. The van der Waals surface area contributed by atoms with Crippen LogP contribution in [0.3, 0.4) is 0 Å². The van der Waals surface area contributed by atoms with Crippen LogP contribution in [0.1, 0.15) is 18.3 Å². The lowest BCUT2D eigenvalue weighted by molar-refractivity contribution is -0.141. The van der Waals surface area contributed by atoms with Gasteiger partial charge in [0.1, 0.15) is 13.2 Å². The molecule has 1 aromatic heterocycles. The van der Waals surface area contributed by atoms with E-state index in [1.165, 1.54) is 11.6 Å². The summed E-state index contributed by atoms with van der Waals surface area (Å²) in [6.45, 7) is 4.09. The minimum atomic E-state index is -4.51. The summed E-state index contributed by atoms with van der Waals surface area (Å²) >= 11 is 0. The van der Waals surface area contributed by atoms with Crippen molar-refractivity contribution >= 4 is 11.6 Å². The van der Waals surface area contributed by atoms with E-state index in [-0.39, 0.29) is 12.5 Å². The molecule has 140 valence electrons. The summed E-state index contributed by atoms with van der Waals surface area (Å²) in [5, 5.41) is 6.27. The first-order valence-electron chi connectivity index (χ1n) is 8.06. The maximum Gasteiger partial charge on any atom is 0.435 e. The van der Waals surface area contributed by atoms with Crippen molar-refractivity contribution in [1.82, 2.24) is 9.78 Å². The van der Waals surface area contributed by atoms with E-state index < -0.39 is 17.8 Å². The summed E-state index contributed by atoms with van der Waals surface area (Å²) in [6, 6.07) is 5.99. The summed E-state index contributed by atoms with van der Waals surface area (Å²) in [4.78, 5) is 12.4.